The van der Waals surface area contributed by atoms with Gasteiger partial charge in [-0.3, -0.25) is 4.79 Å². The van der Waals surface area contributed by atoms with Crippen LogP contribution in [0.1, 0.15) is 59.8 Å². The van der Waals surface area contributed by atoms with Crippen LogP contribution in [0, 0.1) is 0 Å². The average molecular weight is 226 g/mol. The van der Waals surface area contributed by atoms with Crippen molar-refractivity contribution in [1.29, 1.82) is 0 Å². The third-order valence-electron chi connectivity index (χ3n) is 3.69. The summed E-state index contributed by atoms with van der Waals surface area (Å²) in [6.07, 6.45) is 5.04. The summed E-state index contributed by atoms with van der Waals surface area (Å²) < 4.78 is 0. The van der Waals surface area contributed by atoms with Crippen LogP contribution in [-0.2, 0) is 4.79 Å². The summed E-state index contributed by atoms with van der Waals surface area (Å²) in [5.41, 5.74) is -0.386. The van der Waals surface area contributed by atoms with Crippen molar-refractivity contribution in [3.05, 3.63) is 0 Å². The van der Waals surface area contributed by atoms with E-state index >= 15 is 0 Å². The molecular weight excluding hydrogens is 200 g/mol. The van der Waals surface area contributed by atoms with Gasteiger partial charge in [0.2, 0.25) is 5.91 Å². The molecule has 1 atom stereocenters. The SMILES string of the molecule is CCCC1(C(=O)NC(C)(C)CC)CCCN1. The predicted molar refractivity (Wildman–Crippen MR) is 67.4 cm³/mol. The van der Waals surface area contributed by atoms with E-state index < -0.39 is 0 Å². The Morgan fingerprint density at radius 1 is 1.44 bits per heavy atom. The van der Waals surface area contributed by atoms with Gasteiger partial charge in [0.1, 0.15) is 0 Å². The van der Waals surface area contributed by atoms with Gasteiger partial charge in [-0.25, -0.2) is 0 Å². The van der Waals surface area contributed by atoms with Crippen molar-refractivity contribution in [1.82, 2.24) is 10.6 Å². The third kappa shape index (κ3) is 2.97. The molecule has 1 amide bonds. The van der Waals surface area contributed by atoms with E-state index in [-0.39, 0.29) is 17.0 Å². The molecule has 0 aromatic rings. The number of rotatable bonds is 5. The Bertz CT molecular complexity index is 242. The lowest BCUT2D eigenvalue weighted by Gasteiger charge is -2.33. The Balaban J connectivity index is 2.69. The van der Waals surface area contributed by atoms with Crippen molar-refractivity contribution in [3.8, 4) is 0 Å². The second-order valence-corrected chi connectivity index (χ2v) is 5.55. The molecule has 1 unspecified atom stereocenters. The van der Waals surface area contributed by atoms with Gasteiger partial charge < -0.3 is 10.6 Å². The molecule has 2 N–H and O–H groups in total. The highest BCUT2D eigenvalue weighted by molar-refractivity contribution is 5.87. The summed E-state index contributed by atoms with van der Waals surface area (Å²) in [5.74, 6) is 0.193. The molecule has 1 saturated heterocycles. The maximum atomic E-state index is 12.4. The minimum atomic E-state index is -0.290. The Labute approximate surface area is 99.4 Å². The lowest BCUT2D eigenvalue weighted by Crippen LogP contribution is -2.58. The first-order valence-electron chi connectivity index (χ1n) is 6.53. The van der Waals surface area contributed by atoms with Crippen LogP contribution >= 0.6 is 0 Å². The molecule has 1 heterocycles. The van der Waals surface area contributed by atoms with E-state index in [1.165, 1.54) is 0 Å². The van der Waals surface area contributed by atoms with Crippen LogP contribution < -0.4 is 10.6 Å². The van der Waals surface area contributed by atoms with Crippen molar-refractivity contribution >= 4 is 5.91 Å². The summed E-state index contributed by atoms with van der Waals surface area (Å²) in [6.45, 7) is 9.38. The third-order valence-corrected chi connectivity index (χ3v) is 3.69. The van der Waals surface area contributed by atoms with Crippen LogP contribution in [0.3, 0.4) is 0 Å². The van der Waals surface area contributed by atoms with E-state index in [0.717, 1.165) is 38.6 Å². The van der Waals surface area contributed by atoms with E-state index in [1.54, 1.807) is 0 Å². The van der Waals surface area contributed by atoms with Gasteiger partial charge in [-0.15, -0.1) is 0 Å². The Kier molecular flexibility index (Phi) is 4.36. The summed E-state index contributed by atoms with van der Waals surface area (Å²) >= 11 is 0. The number of amides is 1. The second kappa shape index (κ2) is 5.17. The number of hydrogen-bond acceptors (Lipinski definition) is 2. The highest BCUT2D eigenvalue weighted by Crippen LogP contribution is 2.26. The van der Waals surface area contributed by atoms with E-state index in [9.17, 15) is 4.79 Å². The first-order chi connectivity index (χ1) is 7.46. The minimum Gasteiger partial charge on any atom is -0.350 e. The summed E-state index contributed by atoms with van der Waals surface area (Å²) in [4.78, 5) is 12.4. The summed E-state index contributed by atoms with van der Waals surface area (Å²) in [6, 6.07) is 0. The molecule has 0 aliphatic carbocycles. The Morgan fingerprint density at radius 3 is 2.56 bits per heavy atom. The van der Waals surface area contributed by atoms with E-state index in [1.807, 2.05) is 0 Å². The number of carbonyl (C=O) groups is 1. The van der Waals surface area contributed by atoms with E-state index in [4.69, 9.17) is 0 Å². The van der Waals surface area contributed by atoms with Crippen LogP contribution in [0.15, 0.2) is 0 Å². The second-order valence-electron chi connectivity index (χ2n) is 5.55. The molecule has 1 fully saturated rings. The van der Waals surface area contributed by atoms with Gasteiger partial charge in [0.15, 0.2) is 0 Å². The molecule has 0 saturated carbocycles. The van der Waals surface area contributed by atoms with Crippen LogP contribution in [0.5, 0.6) is 0 Å². The fraction of sp³-hybridized carbons (Fsp3) is 0.923. The average Bonchev–Trinajstić information content (AvgIpc) is 2.68. The Morgan fingerprint density at radius 2 is 2.12 bits per heavy atom. The predicted octanol–water partition coefficient (Wildman–Crippen LogP) is 2.21. The summed E-state index contributed by atoms with van der Waals surface area (Å²) in [5, 5.41) is 6.58. The molecule has 1 rings (SSSR count). The zero-order valence-corrected chi connectivity index (χ0v) is 11.2. The maximum absolute atomic E-state index is 12.4. The number of nitrogens with one attached hydrogen (secondary N) is 2. The molecule has 0 radical (unpaired) electrons. The highest BCUT2D eigenvalue weighted by atomic mass is 16.2. The fourth-order valence-corrected chi connectivity index (χ4v) is 2.27. The lowest BCUT2D eigenvalue weighted by molar-refractivity contribution is -0.129. The molecule has 1 aliphatic heterocycles. The number of carbonyl (C=O) groups excluding carboxylic acids is 1. The fourth-order valence-electron chi connectivity index (χ4n) is 2.27. The van der Waals surface area contributed by atoms with Crippen LogP contribution in [0.25, 0.3) is 0 Å². The summed E-state index contributed by atoms with van der Waals surface area (Å²) in [7, 11) is 0. The number of hydrogen-bond donors (Lipinski definition) is 2. The lowest BCUT2D eigenvalue weighted by atomic mass is 9.89. The van der Waals surface area contributed by atoms with Gasteiger partial charge in [0.05, 0.1) is 5.54 Å². The van der Waals surface area contributed by atoms with Gasteiger partial charge in [0.25, 0.3) is 0 Å². The Hall–Kier alpha value is -0.570. The molecule has 0 aromatic carbocycles. The molecule has 0 aromatic heterocycles. The van der Waals surface area contributed by atoms with Gasteiger partial charge in [-0.2, -0.15) is 0 Å². The van der Waals surface area contributed by atoms with Crippen molar-refractivity contribution < 1.29 is 4.79 Å². The first kappa shape index (κ1) is 13.5. The normalized spacial score (nSPS) is 25.8. The molecule has 94 valence electrons. The molecule has 1 aliphatic rings. The van der Waals surface area contributed by atoms with E-state index in [0.29, 0.717) is 0 Å². The van der Waals surface area contributed by atoms with Crippen molar-refractivity contribution in [2.24, 2.45) is 0 Å². The zero-order valence-electron chi connectivity index (χ0n) is 11.2. The maximum Gasteiger partial charge on any atom is 0.240 e. The zero-order chi connectivity index (χ0) is 12.2. The first-order valence-corrected chi connectivity index (χ1v) is 6.53. The minimum absolute atomic E-state index is 0.0951. The van der Waals surface area contributed by atoms with Crippen molar-refractivity contribution in [2.75, 3.05) is 6.54 Å². The monoisotopic (exact) mass is 226 g/mol. The van der Waals surface area contributed by atoms with Gasteiger partial charge in [-0.1, -0.05) is 20.3 Å². The van der Waals surface area contributed by atoms with Gasteiger partial charge in [-0.05, 0) is 46.1 Å². The molecule has 16 heavy (non-hydrogen) atoms. The van der Waals surface area contributed by atoms with Gasteiger partial charge in [0, 0.05) is 5.54 Å². The van der Waals surface area contributed by atoms with Crippen LogP contribution in [0.4, 0.5) is 0 Å². The quantitative estimate of drug-likeness (QED) is 0.754. The van der Waals surface area contributed by atoms with E-state index in [2.05, 4.69) is 38.3 Å². The molecular formula is C13H26N2O. The largest absolute Gasteiger partial charge is 0.350 e. The smallest absolute Gasteiger partial charge is 0.240 e. The van der Waals surface area contributed by atoms with Crippen LogP contribution in [-0.4, -0.2) is 23.5 Å². The van der Waals surface area contributed by atoms with Crippen molar-refractivity contribution in [3.63, 3.8) is 0 Å². The van der Waals surface area contributed by atoms with Gasteiger partial charge >= 0.3 is 0 Å². The highest BCUT2D eigenvalue weighted by Gasteiger charge is 2.41. The standard InChI is InChI=1S/C13H26N2O/c1-5-8-13(9-7-10-14-13)11(16)15-12(3,4)6-2/h14H,5-10H2,1-4H3,(H,15,16). The van der Waals surface area contributed by atoms with Crippen molar-refractivity contribution in [2.45, 2.75) is 70.9 Å². The molecule has 0 bridgehead atoms. The molecule has 3 heteroatoms. The molecule has 3 nitrogen and oxygen atoms in total. The topological polar surface area (TPSA) is 41.1 Å². The van der Waals surface area contributed by atoms with Crippen LogP contribution in [0.2, 0.25) is 0 Å². The molecule has 0 spiro atoms.